The van der Waals surface area contributed by atoms with Crippen LogP contribution in [0.25, 0.3) is 0 Å². The van der Waals surface area contributed by atoms with E-state index in [9.17, 15) is 22.8 Å². The Kier molecular flexibility index (Phi) is 5.19. The molecule has 2 aliphatic rings. The van der Waals surface area contributed by atoms with Crippen LogP contribution in [0.3, 0.4) is 0 Å². The zero-order chi connectivity index (χ0) is 21.5. The van der Waals surface area contributed by atoms with Crippen molar-refractivity contribution in [1.82, 2.24) is 9.21 Å². The normalized spacial score (nSPS) is 19.0. The Morgan fingerprint density at radius 2 is 1.53 bits per heavy atom. The highest BCUT2D eigenvalue weighted by Gasteiger charge is 2.41. The summed E-state index contributed by atoms with van der Waals surface area (Å²) in [7, 11) is -3.93. The van der Waals surface area contributed by atoms with Gasteiger partial charge in [-0.25, -0.2) is 12.7 Å². The second kappa shape index (κ2) is 7.68. The molecule has 7 nitrogen and oxygen atoms in total. The lowest BCUT2D eigenvalue weighted by molar-refractivity contribution is -0.124. The lowest BCUT2D eigenvalue weighted by Crippen LogP contribution is -2.39. The number of benzene rings is 2. The third kappa shape index (κ3) is 3.41. The van der Waals surface area contributed by atoms with Gasteiger partial charge in [0.25, 0.3) is 21.8 Å². The van der Waals surface area contributed by atoms with Gasteiger partial charge in [0.15, 0.2) is 0 Å². The maximum Gasteiger partial charge on any atom is 0.266 e. The van der Waals surface area contributed by atoms with Gasteiger partial charge in [0.1, 0.15) is 0 Å². The molecule has 0 aliphatic carbocycles. The van der Waals surface area contributed by atoms with Gasteiger partial charge in [-0.05, 0) is 50.5 Å². The molecule has 4 rings (SSSR count). The van der Waals surface area contributed by atoms with Crippen LogP contribution in [0.2, 0.25) is 0 Å². The number of aryl methyl sites for hydroxylation is 1. The maximum absolute atomic E-state index is 13.0. The van der Waals surface area contributed by atoms with Crippen LogP contribution in [0.15, 0.2) is 53.4 Å². The Hall–Kier alpha value is -3.00. The first-order chi connectivity index (χ1) is 14.3. The number of amides is 3. The molecule has 0 N–H and O–H groups in total. The molecule has 2 aliphatic heterocycles. The summed E-state index contributed by atoms with van der Waals surface area (Å²) in [5, 5.41) is 0. The van der Waals surface area contributed by atoms with Crippen molar-refractivity contribution in [2.24, 2.45) is 0 Å². The topological polar surface area (TPSA) is 91.8 Å². The largest absolute Gasteiger partial charge is 0.274 e. The minimum absolute atomic E-state index is 0.0914. The third-order valence-electron chi connectivity index (χ3n) is 5.64. The van der Waals surface area contributed by atoms with Gasteiger partial charge in [-0.3, -0.25) is 19.3 Å². The van der Waals surface area contributed by atoms with Crippen molar-refractivity contribution in [3.63, 3.8) is 0 Å². The zero-order valence-electron chi connectivity index (χ0n) is 16.6. The summed E-state index contributed by atoms with van der Waals surface area (Å²) in [6.45, 7) is 2.05. The highest BCUT2D eigenvalue weighted by molar-refractivity contribution is 7.89. The first-order valence-corrected chi connectivity index (χ1v) is 11.3. The predicted octanol–water partition coefficient (Wildman–Crippen LogP) is 2.75. The second-order valence-corrected chi connectivity index (χ2v) is 9.46. The monoisotopic (exact) mass is 426 g/mol. The molecule has 0 aromatic heterocycles. The number of imide groups is 1. The van der Waals surface area contributed by atoms with Crippen LogP contribution in [0.1, 0.15) is 52.0 Å². The molecule has 0 spiro atoms. The lowest BCUT2D eigenvalue weighted by Gasteiger charge is -2.25. The average molecular weight is 426 g/mol. The molecule has 3 amide bonds. The summed E-state index contributed by atoms with van der Waals surface area (Å²) in [6.07, 6.45) is 1.42. The molecular weight excluding hydrogens is 404 g/mol. The van der Waals surface area contributed by atoms with Crippen molar-refractivity contribution >= 4 is 27.7 Å². The average Bonchev–Trinajstić information content (AvgIpc) is 3.22. The second-order valence-electron chi connectivity index (χ2n) is 7.65. The fourth-order valence-electron chi connectivity index (χ4n) is 4.06. The van der Waals surface area contributed by atoms with E-state index in [0.717, 1.165) is 9.87 Å². The molecule has 30 heavy (non-hydrogen) atoms. The van der Waals surface area contributed by atoms with Gasteiger partial charge in [0.2, 0.25) is 5.91 Å². The SMILES string of the molecule is Cc1ccc(S(=O)(=O)N2C(=O)CC[C@H]2CCCN2C(=O)c3ccccc3C2=O)cc1. The number of fused-ring (bicyclic) bond motifs is 1. The molecule has 0 radical (unpaired) electrons. The van der Waals surface area contributed by atoms with Crippen molar-refractivity contribution in [2.75, 3.05) is 6.54 Å². The molecule has 2 aromatic rings. The molecule has 8 heteroatoms. The van der Waals surface area contributed by atoms with E-state index in [2.05, 4.69) is 0 Å². The van der Waals surface area contributed by atoms with Crippen LogP contribution in [-0.2, 0) is 14.8 Å². The van der Waals surface area contributed by atoms with E-state index in [1.807, 2.05) is 6.92 Å². The Morgan fingerprint density at radius 1 is 0.933 bits per heavy atom. The number of carbonyl (C=O) groups excluding carboxylic acids is 3. The third-order valence-corrected chi connectivity index (χ3v) is 7.53. The molecular formula is C22H22N2O5S. The first-order valence-electron chi connectivity index (χ1n) is 9.90. The smallest absolute Gasteiger partial charge is 0.266 e. The summed E-state index contributed by atoms with van der Waals surface area (Å²) in [5.74, 6) is -1.08. The van der Waals surface area contributed by atoms with E-state index in [4.69, 9.17) is 0 Å². The molecule has 0 unspecified atom stereocenters. The van der Waals surface area contributed by atoms with Crippen LogP contribution in [-0.4, -0.2) is 47.9 Å². The van der Waals surface area contributed by atoms with Gasteiger partial charge in [0, 0.05) is 19.0 Å². The van der Waals surface area contributed by atoms with Crippen molar-refractivity contribution in [2.45, 2.75) is 43.5 Å². The van der Waals surface area contributed by atoms with E-state index in [-0.39, 0.29) is 29.7 Å². The fourth-order valence-corrected chi connectivity index (χ4v) is 5.73. The van der Waals surface area contributed by atoms with Crippen LogP contribution < -0.4 is 0 Å². The van der Waals surface area contributed by atoms with Crippen LogP contribution in [0.5, 0.6) is 0 Å². The quantitative estimate of drug-likeness (QED) is 0.663. The van der Waals surface area contributed by atoms with Crippen LogP contribution >= 0.6 is 0 Å². The molecule has 0 saturated carbocycles. The summed E-state index contributed by atoms with van der Waals surface area (Å²) >= 11 is 0. The molecule has 156 valence electrons. The van der Waals surface area contributed by atoms with E-state index < -0.39 is 22.0 Å². The molecule has 2 aromatic carbocycles. The maximum atomic E-state index is 13.0. The van der Waals surface area contributed by atoms with Gasteiger partial charge < -0.3 is 0 Å². The minimum atomic E-state index is -3.93. The number of carbonyl (C=O) groups is 3. The summed E-state index contributed by atoms with van der Waals surface area (Å²) in [4.78, 5) is 38.6. The van der Waals surface area contributed by atoms with Crippen molar-refractivity contribution in [1.29, 1.82) is 0 Å². The number of hydrogen-bond acceptors (Lipinski definition) is 5. The first kappa shape index (κ1) is 20.3. The number of hydrogen-bond donors (Lipinski definition) is 0. The highest BCUT2D eigenvalue weighted by Crippen LogP contribution is 2.30. The molecule has 1 saturated heterocycles. The molecule has 1 atom stereocenters. The van der Waals surface area contributed by atoms with Gasteiger partial charge in [0.05, 0.1) is 16.0 Å². The van der Waals surface area contributed by atoms with Crippen LogP contribution in [0.4, 0.5) is 0 Å². The molecule has 0 bridgehead atoms. The summed E-state index contributed by atoms with van der Waals surface area (Å²) in [5.41, 5.74) is 1.71. The van der Waals surface area contributed by atoms with Crippen molar-refractivity contribution < 1.29 is 22.8 Å². The Labute approximate surface area is 175 Å². The number of rotatable bonds is 6. The van der Waals surface area contributed by atoms with E-state index >= 15 is 0 Å². The van der Waals surface area contributed by atoms with E-state index in [1.54, 1.807) is 36.4 Å². The molecule has 2 heterocycles. The van der Waals surface area contributed by atoms with E-state index in [0.29, 0.717) is 30.4 Å². The lowest BCUT2D eigenvalue weighted by atomic mass is 10.1. The fraction of sp³-hybridized carbons (Fsp3) is 0.318. The number of nitrogens with zero attached hydrogens (tertiary/aromatic N) is 2. The summed E-state index contributed by atoms with van der Waals surface area (Å²) in [6, 6.07) is 12.6. The standard InChI is InChI=1S/C22H22N2O5S/c1-15-8-11-17(12-9-15)30(28,29)24-16(10-13-20(24)25)5-4-14-23-21(26)18-6-2-3-7-19(18)22(23)27/h2-3,6-9,11-12,16H,4-5,10,13-14H2,1H3/t16-/m1/s1. The summed E-state index contributed by atoms with van der Waals surface area (Å²) < 4.78 is 27.0. The van der Waals surface area contributed by atoms with Gasteiger partial charge in [-0.1, -0.05) is 29.8 Å². The molecule has 1 fully saturated rings. The highest BCUT2D eigenvalue weighted by atomic mass is 32.2. The van der Waals surface area contributed by atoms with Gasteiger partial charge in [-0.2, -0.15) is 0 Å². The predicted molar refractivity (Wildman–Crippen MR) is 109 cm³/mol. The minimum Gasteiger partial charge on any atom is -0.274 e. The van der Waals surface area contributed by atoms with Crippen molar-refractivity contribution in [3.05, 3.63) is 65.2 Å². The van der Waals surface area contributed by atoms with E-state index in [1.165, 1.54) is 17.0 Å². The van der Waals surface area contributed by atoms with Gasteiger partial charge in [-0.15, -0.1) is 0 Å². The zero-order valence-corrected chi connectivity index (χ0v) is 17.4. The van der Waals surface area contributed by atoms with Gasteiger partial charge >= 0.3 is 0 Å². The Morgan fingerprint density at radius 3 is 2.13 bits per heavy atom. The van der Waals surface area contributed by atoms with Crippen LogP contribution in [0, 0.1) is 6.92 Å². The van der Waals surface area contributed by atoms with Crippen molar-refractivity contribution in [3.8, 4) is 0 Å². The Bertz CT molecular complexity index is 1090. The Balaban J connectivity index is 1.45. The number of sulfonamides is 1.